The molecule has 0 unspecified atom stereocenters. The number of pyridine rings is 1. The van der Waals surface area contributed by atoms with E-state index in [0.29, 0.717) is 12.1 Å². The molecule has 1 aromatic carbocycles. The molecular formula is C17H20N2OS. The number of hydrogen-bond acceptors (Lipinski definition) is 3. The molecule has 1 N–H and O–H groups in total. The third-order valence-corrected chi connectivity index (χ3v) is 4.29. The first-order chi connectivity index (χ1) is 10.1. The average molecular weight is 300 g/mol. The van der Waals surface area contributed by atoms with Crippen molar-refractivity contribution < 1.29 is 4.79 Å². The molecule has 2 rings (SSSR count). The van der Waals surface area contributed by atoms with Crippen LogP contribution in [0.5, 0.6) is 0 Å². The third kappa shape index (κ3) is 4.08. The molecule has 1 amide bonds. The Morgan fingerprint density at radius 3 is 2.81 bits per heavy atom. The molecule has 0 aliphatic heterocycles. The summed E-state index contributed by atoms with van der Waals surface area (Å²) in [7, 11) is 0. The summed E-state index contributed by atoms with van der Waals surface area (Å²) in [5.74, 6) is -0.0581. The van der Waals surface area contributed by atoms with Gasteiger partial charge in [0.15, 0.2) is 0 Å². The highest BCUT2D eigenvalue weighted by atomic mass is 32.2. The van der Waals surface area contributed by atoms with E-state index in [4.69, 9.17) is 0 Å². The summed E-state index contributed by atoms with van der Waals surface area (Å²) in [5, 5.41) is 3.65. The molecule has 0 aliphatic rings. The minimum Gasteiger partial charge on any atom is -0.352 e. The fourth-order valence-corrected chi connectivity index (χ4v) is 2.95. The normalized spacial score (nSPS) is 10.4. The summed E-state index contributed by atoms with van der Waals surface area (Å²) in [6.07, 6.45) is 2.65. The monoisotopic (exact) mass is 300 g/mol. The Balaban J connectivity index is 2.26. The van der Waals surface area contributed by atoms with E-state index >= 15 is 0 Å². The molecule has 1 heterocycles. The van der Waals surface area contributed by atoms with E-state index < -0.39 is 0 Å². The third-order valence-electron chi connectivity index (χ3n) is 3.09. The van der Waals surface area contributed by atoms with E-state index in [1.807, 2.05) is 13.0 Å². The summed E-state index contributed by atoms with van der Waals surface area (Å²) in [5.41, 5.74) is 3.07. The van der Waals surface area contributed by atoms with Gasteiger partial charge in [0.2, 0.25) is 0 Å². The molecule has 4 heteroatoms. The van der Waals surface area contributed by atoms with Crippen molar-refractivity contribution in [2.45, 2.75) is 37.1 Å². The predicted octanol–water partition coefficient (Wildman–Crippen LogP) is 3.99. The van der Waals surface area contributed by atoms with Crippen molar-refractivity contribution in [1.82, 2.24) is 10.3 Å². The van der Waals surface area contributed by atoms with Crippen molar-refractivity contribution >= 4 is 17.7 Å². The Hall–Kier alpha value is -1.81. The fourth-order valence-electron chi connectivity index (χ4n) is 2.00. The molecule has 0 saturated heterocycles. The minimum absolute atomic E-state index is 0.0581. The second kappa shape index (κ2) is 7.27. The number of nitrogens with one attached hydrogen (secondary N) is 1. The van der Waals surface area contributed by atoms with Gasteiger partial charge in [-0.25, -0.2) is 4.98 Å². The van der Waals surface area contributed by atoms with Crippen LogP contribution in [-0.4, -0.2) is 17.4 Å². The maximum Gasteiger partial charge on any atom is 0.254 e. The van der Waals surface area contributed by atoms with Crippen LogP contribution in [0.15, 0.2) is 46.5 Å². The summed E-state index contributed by atoms with van der Waals surface area (Å²) in [6, 6.07) is 9.92. The van der Waals surface area contributed by atoms with Gasteiger partial charge in [-0.2, -0.15) is 0 Å². The highest BCUT2D eigenvalue weighted by Gasteiger charge is 2.13. The Labute approximate surface area is 130 Å². The topological polar surface area (TPSA) is 42.0 Å². The van der Waals surface area contributed by atoms with E-state index in [1.165, 1.54) is 22.9 Å². The maximum absolute atomic E-state index is 12.2. The fraction of sp³-hybridized carbons (Fsp3) is 0.294. The maximum atomic E-state index is 12.2. The van der Waals surface area contributed by atoms with Gasteiger partial charge >= 0.3 is 0 Å². The molecule has 0 bridgehead atoms. The summed E-state index contributed by atoms with van der Waals surface area (Å²) < 4.78 is 0. The van der Waals surface area contributed by atoms with Crippen LogP contribution < -0.4 is 5.32 Å². The van der Waals surface area contributed by atoms with Crippen molar-refractivity contribution in [2.75, 3.05) is 6.54 Å². The van der Waals surface area contributed by atoms with Crippen molar-refractivity contribution in [2.24, 2.45) is 0 Å². The number of hydrogen-bond donors (Lipinski definition) is 1. The zero-order valence-corrected chi connectivity index (χ0v) is 13.5. The number of carbonyl (C=O) groups excluding carboxylic acids is 1. The smallest absolute Gasteiger partial charge is 0.254 e. The first-order valence-corrected chi connectivity index (χ1v) is 7.91. The number of rotatable bonds is 5. The first kappa shape index (κ1) is 15.6. The van der Waals surface area contributed by atoms with Gasteiger partial charge in [-0.05, 0) is 44.0 Å². The second-order valence-electron chi connectivity index (χ2n) is 4.98. The van der Waals surface area contributed by atoms with Gasteiger partial charge in [0, 0.05) is 17.6 Å². The van der Waals surface area contributed by atoms with Crippen LogP contribution >= 0.6 is 11.8 Å². The van der Waals surface area contributed by atoms with Crippen molar-refractivity contribution in [3.05, 3.63) is 53.2 Å². The molecule has 21 heavy (non-hydrogen) atoms. The van der Waals surface area contributed by atoms with Gasteiger partial charge in [-0.1, -0.05) is 36.4 Å². The van der Waals surface area contributed by atoms with Gasteiger partial charge in [0.1, 0.15) is 5.03 Å². The highest BCUT2D eigenvalue weighted by Crippen LogP contribution is 2.31. The molecule has 110 valence electrons. The Bertz CT molecular complexity index is 640. The van der Waals surface area contributed by atoms with E-state index in [2.05, 4.69) is 42.3 Å². The van der Waals surface area contributed by atoms with Crippen LogP contribution in [0.1, 0.15) is 34.8 Å². The molecule has 0 radical (unpaired) electrons. The SMILES string of the molecule is CCCNC(=O)c1cccnc1Sc1ccc(C)cc1C. The zero-order chi connectivity index (χ0) is 15.2. The molecule has 0 atom stereocenters. The van der Waals surface area contributed by atoms with E-state index in [1.54, 1.807) is 12.3 Å². The van der Waals surface area contributed by atoms with Crippen LogP contribution in [0.4, 0.5) is 0 Å². The number of benzene rings is 1. The summed E-state index contributed by atoms with van der Waals surface area (Å²) in [6.45, 7) is 6.87. The van der Waals surface area contributed by atoms with E-state index in [-0.39, 0.29) is 5.91 Å². The number of carbonyl (C=O) groups is 1. The van der Waals surface area contributed by atoms with Gasteiger partial charge < -0.3 is 5.32 Å². The number of aryl methyl sites for hydroxylation is 2. The molecule has 0 saturated carbocycles. The first-order valence-electron chi connectivity index (χ1n) is 7.10. The lowest BCUT2D eigenvalue weighted by Crippen LogP contribution is -2.24. The lowest BCUT2D eigenvalue weighted by molar-refractivity contribution is 0.0950. The summed E-state index contributed by atoms with van der Waals surface area (Å²) in [4.78, 5) is 17.7. The molecular weight excluding hydrogens is 280 g/mol. The Morgan fingerprint density at radius 1 is 1.29 bits per heavy atom. The van der Waals surface area contributed by atoms with Crippen molar-refractivity contribution in [3.63, 3.8) is 0 Å². The van der Waals surface area contributed by atoms with Crippen molar-refractivity contribution in [1.29, 1.82) is 0 Å². The molecule has 2 aromatic rings. The average Bonchev–Trinajstić information content (AvgIpc) is 2.48. The van der Waals surface area contributed by atoms with Crippen LogP contribution in [0.3, 0.4) is 0 Å². The van der Waals surface area contributed by atoms with Crippen LogP contribution in [0, 0.1) is 13.8 Å². The number of amides is 1. The largest absolute Gasteiger partial charge is 0.352 e. The predicted molar refractivity (Wildman–Crippen MR) is 86.9 cm³/mol. The molecule has 1 aromatic heterocycles. The van der Waals surface area contributed by atoms with E-state index in [0.717, 1.165) is 16.3 Å². The Morgan fingerprint density at radius 2 is 2.10 bits per heavy atom. The van der Waals surface area contributed by atoms with E-state index in [9.17, 15) is 4.79 Å². The van der Waals surface area contributed by atoms with Crippen molar-refractivity contribution in [3.8, 4) is 0 Å². The number of nitrogens with zero attached hydrogens (tertiary/aromatic N) is 1. The zero-order valence-electron chi connectivity index (χ0n) is 12.6. The lowest BCUT2D eigenvalue weighted by atomic mass is 10.2. The highest BCUT2D eigenvalue weighted by molar-refractivity contribution is 7.99. The summed E-state index contributed by atoms with van der Waals surface area (Å²) >= 11 is 1.54. The molecule has 0 aliphatic carbocycles. The second-order valence-corrected chi connectivity index (χ2v) is 6.01. The molecule has 0 spiro atoms. The molecule has 0 fully saturated rings. The van der Waals surface area contributed by atoms with Crippen LogP contribution in [0.2, 0.25) is 0 Å². The van der Waals surface area contributed by atoms with Gasteiger partial charge in [-0.3, -0.25) is 4.79 Å². The molecule has 3 nitrogen and oxygen atoms in total. The standard InChI is InChI=1S/C17H20N2OS/c1-4-9-18-16(20)14-6-5-10-19-17(14)21-15-8-7-12(2)11-13(15)3/h5-8,10-11H,4,9H2,1-3H3,(H,18,20). The minimum atomic E-state index is -0.0581. The van der Waals surface area contributed by atoms with Gasteiger partial charge in [0.25, 0.3) is 5.91 Å². The number of aromatic nitrogens is 1. The quantitative estimate of drug-likeness (QED) is 0.908. The van der Waals surface area contributed by atoms with Gasteiger partial charge in [0.05, 0.1) is 5.56 Å². The van der Waals surface area contributed by atoms with Crippen LogP contribution in [0.25, 0.3) is 0 Å². The Kier molecular flexibility index (Phi) is 5.39. The van der Waals surface area contributed by atoms with Gasteiger partial charge in [-0.15, -0.1) is 0 Å². The lowest BCUT2D eigenvalue weighted by Gasteiger charge is -2.10. The van der Waals surface area contributed by atoms with Crippen LogP contribution in [-0.2, 0) is 0 Å².